The van der Waals surface area contributed by atoms with E-state index < -0.39 is 0 Å². The highest BCUT2D eigenvalue weighted by atomic mass is 15.2. The van der Waals surface area contributed by atoms with E-state index in [2.05, 4.69) is 40.3 Å². The van der Waals surface area contributed by atoms with Crippen LogP contribution >= 0.6 is 0 Å². The van der Waals surface area contributed by atoms with Crippen molar-refractivity contribution in [1.82, 2.24) is 15.2 Å². The van der Waals surface area contributed by atoms with Crippen LogP contribution in [0.2, 0.25) is 0 Å². The van der Waals surface area contributed by atoms with Crippen molar-refractivity contribution < 1.29 is 0 Å². The van der Waals surface area contributed by atoms with Gasteiger partial charge in [0.15, 0.2) is 0 Å². The van der Waals surface area contributed by atoms with Gasteiger partial charge in [-0.3, -0.25) is 9.88 Å². The Morgan fingerprint density at radius 1 is 1.33 bits per heavy atom. The molecule has 2 aliphatic heterocycles. The van der Waals surface area contributed by atoms with Gasteiger partial charge in [-0.05, 0) is 61.5 Å². The lowest BCUT2D eigenvalue weighted by Gasteiger charge is -2.23. The molecule has 1 unspecified atom stereocenters. The van der Waals surface area contributed by atoms with Crippen molar-refractivity contribution in [2.45, 2.75) is 26.3 Å². The van der Waals surface area contributed by atoms with Gasteiger partial charge in [0.1, 0.15) is 0 Å². The molecule has 2 aliphatic rings. The van der Waals surface area contributed by atoms with Crippen molar-refractivity contribution in [2.24, 2.45) is 5.41 Å². The summed E-state index contributed by atoms with van der Waals surface area (Å²) in [5, 5.41) is 4.81. The normalized spacial score (nSPS) is 26.1. The van der Waals surface area contributed by atoms with Crippen LogP contribution in [-0.4, -0.2) is 36.1 Å². The van der Waals surface area contributed by atoms with Gasteiger partial charge in [-0.15, -0.1) is 0 Å². The lowest BCUT2D eigenvalue weighted by molar-refractivity contribution is 0.269. The number of rotatable bonds is 2. The Hall–Kier alpha value is -1.45. The highest BCUT2D eigenvalue weighted by Gasteiger charge is 2.39. The van der Waals surface area contributed by atoms with E-state index in [9.17, 15) is 0 Å². The van der Waals surface area contributed by atoms with Crippen LogP contribution in [0.15, 0.2) is 30.5 Å². The Balaban J connectivity index is 1.55. The van der Waals surface area contributed by atoms with Crippen molar-refractivity contribution in [1.29, 1.82) is 0 Å². The molecule has 1 aromatic heterocycles. The van der Waals surface area contributed by atoms with Crippen molar-refractivity contribution in [2.75, 3.05) is 26.2 Å². The third kappa shape index (κ3) is 2.45. The molecule has 0 radical (unpaired) electrons. The molecule has 2 aromatic rings. The van der Waals surface area contributed by atoms with Crippen LogP contribution in [0.25, 0.3) is 10.9 Å². The fourth-order valence-electron chi connectivity index (χ4n) is 4.11. The topological polar surface area (TPSA) is 28.2 Å². The average Bonchev–Trinajstić information content (AvgIpc) is 3.10. The molecular formula is C18H23N3. The summed E-state index contributed by atoms with van der Waals surface area (Å²) in [5.74, 6) is 0. The first-order valence-corrected chi connectivity index (χ1v) is 8.02. The Labute approximate surface area is 126 Å². The Morgan fingerprint density at radius 3 is 3.14 bits per heavy atom. The first kappa shape index (κ1) is 13.2. The minimum atomic E-state index is 0.563. The summed E-state index contributed by atoms with van der Waals surface area (Å²) in [5.41, 5.74) is 4.42. The fraction of sp³-hybridized carbons (Fsp3) is 0.500. The summed E-state index contributed by atoms with van der Waals surface area (Å²) in [7, 11) is 0. The maximum Gasteiger partial charge on any atom is 0.0731 e. The largest absolute Gasteiger partial charge is 0.316 e. The molecule has 0 bridgehead atoms. The number of aromatic nitrogens is 1. The average molecular weight is 281 g/mol. The SMILES string of the molecule is Cc1cc(CN2CCC3(CCNC3)C2)cc2cccnc12. The molecule has 0 aliphatic carbocycles. The van der Waals surface area contributed by atoms with Crippen molar-refractivity contribution in [3.05, 3.63) is 41.6 Å². The molecule has 2 fully saturated rings. The second kappa shape index (κ2) is 5.08. The molecule has 0 saturated carbocycles. The Morgan fingerprint density at radius 2 is 2.29 bits per heavy atom. The zero-order chi connectivity index (χ0) is 14.3. The van der Waals surface area contributed by atoms with E-state index in [1.165, 1.54) is 55.5 Å². The minimum Gasteiger partial charge on any atom is -0.316 e. The van der Waals surface area contributed by atoms with Crippen LogP contribution in [0.1, 0.15) is 24.0 Å². The van der Waals surface area contributed by atoms with Gasteiger partial charge in [0.25, 0.3) is 0 Å². The molecule has 3 heteroatoms. The van der Waals surface area contributed by atoms with Gasteiger partial charge in [-0.1, -0.05) is 12.1 Å². The van der Waals surface area contributed by atoms with E-state index in [0.29, 0.717) is 5.41 Å². The predicted molar refractivity (Wildman–Crippen MR) is 86.3 cm³/mol. The van der Waals surface area contributed by atoms with E-state index in [-0.39, 0.29) is 0 Å². The summed E-state index contributed by atoms with van der Waals surface area (Å²) in [6.45, 7) is 8.16. The molecule has 4 rings (SSSR count). The third-order valence-corrected chi connectivity index (χ3v) is 5.21. The number of pyridine rings is 1. The third-order valence-electron chi connectivity index (χ3n) is 5.21. The summed E-state index contributed by atoms with van der Waals surface area (Å²) >= 11 is 0. The van der Waals surface area contributed by atoms with Crippen LogP contribution in [0.4, 0.5) is 0 Å². The molecule has 3 heterocycles. The van der Waals surface area contributed by atoms with Gasteiger partial charge in [0.05, 0.1) is 5.52 Å². The van der Waals surface area contributed by atoms with E-state index in [4.69, 9.17) is 0 Å². The highest BCUT2D eigenvalue weighted by molar-refractivity contribution is 5.82. The van der Waals surface area contributed by atoms with Crippen LogP contribution in [0, 0.1) is 12.3 Å². The first-order chi connectivity index (χ1) is 10.2. The quantitative estimate of drug-likeness (QED) is 0.917. The van der Waals surface area contributed by atoms with Gasteiger partial charge >= 0.3 is 0 Å². The van der Waals surface area contributed by atoms with Crippen molar-refractivity contribution in [3.8, 4) is 0 Å². The monoisotopic (exact) mass is 281 g/mol. The zero-order valence-electron chi connectivity index (χ0n) is 12.7. The van der Waals surface area contributed by atoms with E-state index in [1.807, 2.05) is 12.3 Å². The number of aryl methyl sites for hydroxylation is 1. The molecule has 3 nitrogen and oxygen atoms in total. The second-order valence-electron chi connectivity index (χ2n) is 6.88. The van der Waals surface area contributed by atoms with Gasteiger partial charge in [-0.2, -0.15) is 0 Å². The van der Waals surface area contributed by atoms with Gasteiger partial charge < -0.3 is 5.32 Å². The van der Waals surface area contributed by atoms with Gasteiger partial charge in [0.2, 0.25) is 0 Å². The lowest BCUT2D eigenvalue weighted by atomic mass is 9.86. The molecular weight excluding hydrogens is 258 g/mol. The highest BCUT2D eigenvalue weighted by Crippen LogP contribution is 2.36. The number of benzene rings is 1. The predicted octanol–water partition coefficient (Wildman–Crippen LogP) is 2.73. The van der Waals surface area contributed by atoms with Gasteiger partial charge in [-0.25, -0.2) is 0 Å². The molecule has 1 aromatic carbocycles. The van der Waals surface area contributed by atoms with Crippen LogP contribution in [-0.2, 0) is 6.54 Å². The summed E-state index contributed by atoms with van der Waals surface area (Å²) in [4.78, 5) is 7.12. The number of likely N-dealkylation sites (tertiary alicyclic amines) is 1. The molecule has 1 spiro atoms. The Kier molecular flexibility index (Phi) is 3.20. The van der Waals surface area contributed by atoms with E-state index in [0.717, 1.165) is 12.1 Å². The van der Waals surface area contributed by atoms with Gasteiger partial charge in [0, 0.05) is 31.2 Å². The molecule has 1 atom stereocenters. The maximum atomic E-state index is 4.49. The summed E-state index contributed by atoms with van der Waals surface area (Å²) < 4.78 is 0. The maximum absolute atomic E-state index is 4.49. The van der Waals surface area contributed by atoms with Crippen LogP contribution in [0.3, 0.4) is 0 Å². The summed E-state index contributed by atoms with van der Waals surface area (Å²) in [6, 6.07) is 8.83. The Bertz CT molecular complexity index is 659. The number of hydrogen-bond donors (Lipinski definition) is 1. The second-order valence-corrected chi connectivity index (χ2v) is 6.88. The van der Waals surface area contributed by atoms with Crippen molar-refractivity contribution in [3.63, 3.8) is 0 Å². The minimum absolute atomic E-state index is 0.563. The van der Waals surface area contributed by atoms with E-state index >= 15 is 0 Å². The number of hydrogen-bond acceptors (Lipinski definition) is 3. The number of nitrogens with zero attached hydrogens (tertiary/aromatic N) is 2. The van der Waals surface area contributed by atoms with E-state index in [1.54, 1.807) is 0 Å². The molecule has 21 heavy (non-hydrogen) atoms. The fourth-order valence-corrected chi connectivity index (χ4v) is 4.11. The summed E-state index contributed by atoms with van der Waals surface area (Å²) in [6.07, 6.45) is 4.59. The smallest absolute Gasteiger partial charge is 0.0731 e. The molecule has 2 saturated heterocycles. The van der Waals surface area contributed by atoms with Crippen LogP contribution in [0.5, 0.6) is 0 Å². The number of fused-ring (bicyclic) bond motifs is 1. The molecule has 1 N–H and O–H groups in total. The lowest BCUT2D eigenvalue weighted by Crippen LogP contribution is -2.28. The molecule has 0 amide bonds. The zero-order valence-corrected chi connectivity index (χ0v) is 12.7. The van der Waals surface area contributed by atoms with Crippen LogP contribution < -0.4 is 5.32 Å². The number of nitrogens with one attached hydrogen (secondary N) is 1. The van der Waals surface area contributed by atoms with Crippen molar-refractivity contribution >= 4 is 10.9 Å². The standard InChI is InChI=1S/C18H23N3/c1-14-9-15(10-16-3-2-6-20-17(14)16)11-21-8-5-18(13-21)4-7-19-12-18/h2-3,6,9-10,19H,4-5,7-8,11-13H2,1H3. The molecule has 110 valence electrons. The first-order valence-electron chi connectivity index (χ1n) is 8.02.